The monoisotopic (exact) mass is 206 g/mol. The fourth-order valence-corrected chi connectivity index (χ4v) is 1.69. The van der Waals surface area contributed by atoms with Gasteiger partial charge in [-0.3, -0.25) is 9.69 Å². The molecule has 1 aromatic rings. The summed E-state index contributed by atoms with van der Waals surface area (Å²) in [5.41, 5.74) is 5.56. The van der Waals surface area contributed by atoms with Crippen molar-refractivity contribution >= 4 is 17.7 Å². The van der Waals surface area contributed by atoms with Crippen LogP contribution in [-0.2, 0) is 4.79 Å². The van der Waals surface area contributed by atoms with Crippen molar-refractivity contribution < 1.29 is 4.79 Å². The number of nitrogens with zero attached hydrogens (tertiary/aromatic N) is 3. The van der Waals surface area contributed by atoms with Gasteiger partial charge in [-0.2, -0.15) is 4.98 Å². The van der Waals surface area contributed by atoms with Gasteiger partial charge in [0.25, 0.3) is 0 Å². The minimum absolute atomic E-state index is 0.0955. The first-order valence-electron chi connectivity index (χ1n) is 5.16. The summed E-state index contributed by atoms with van der Waals surface area (Å²) < 4.78 is 0. The average molecular weight is 206 g/mol. The van der Waals surface area contributed by atoms with Gasteiger partial charge in [-0.25, -0.2) is 4.98 Å². The van der Waals surface area contributed by atoms with Gasteiger partial charge in [0, 0.05) is 19.2 Å². The summed E-state index contributed by atoms with van der Waals surface area (Å²) in [6.45, 7) is 0.697. The van der Waals surface area contributed by atoms with Gasteiger partial charge >= 0.3 is 0 Å². The van der Waals surface area contributed by atoms with Gasteiger partial charge in [0.05, 0.1) is 0 Å². The van der Waals surface area contributed by atoms with E-state index in [-0.39, 0.29) is 5.91 Å². The molecule has 5 heteroatoms. The summed E-state index contributed by atoms with van der Waals surface area (Å²) in [6, 6.07) is 1.62. The summed E-state index contributed by atoms with van der Waals surface area (Å²) in [7, 11) is 0. The SMILES string of the molecule is Nc1ccnc(N2CCCCCC2=O)n1. The van der Waals surface area contributed by atoms with E-state index in [9.17, 15) is 4.79 Å². The molecular weight excluding hydrogens is 192 g/mol. The number of nitrogens with two attached hydrogens (primary N) is 1. The van der Waals surface area contributed by atoms with Crippen LogP contribution in [0.15, 0.2) is 12.3 Å². The predicted molar refractivity (Wildman–Crippen MR) is 57.3 cm³/mol. The Bertz CT molecular complexity index is 366. The molecule has 1 saturated heterocycles. The first-order chi connectivity index (χ1) is 7.27. The van der Waals surface area contributed by atoms with Crippen LogP contribution >= 0.6 is 0 Å². The van der Waals surface area contributed by atoms with Crippen molar-refractivity contribution in [3.63, 3.8) is 0 Å². The van der Waals surface area contributed by atoms with E-state index in [1.165, 1.54) is 0 Å². The molecule has 1 aliphatic rings. The van der Waals surface area contributed by atoms with E-state index in [2.05, 4.69) is 9.97 Å². The van der Waals surface area contributed by atoms with E-state index < -0.39 is 0 Å². The first-order valence-corrected chi connectivity index (χ1v) is 5.16. The third kappa shape index (κ3) is 2.23. The number of nitrogen functional groups attached to an aromatic ring is 1. The lowest BCUT2D eigenvalue weighted by Gasteiger charge is -2.17. The second-order valence-corrected chi connectivity index (χ2v) is 3.64. The van der Waals surface area contributed by atoms with Gasteiger partial charge in [0.15, 0.2) is 0 Å². The topological polar surface area (TPSA) is 72.1 Å². The van der Waals surface area contributed by atoms with Gasteiger partial charge < -0.3 is 5.73 Å². The molecule has 15 heavy (non-hydrogen) atoms. The summed E-state index contributed by atoms with van der Waals surface area (Å²) in [4.78, 5) is 21.5. The van der Waals surface area contributed by atoms with Gasteiger partial charge in [0.2, 0.25) is 11.9 Å². The molecule has 0 unspecified atom stereocenters. The van der Waals surface area contributed by atoms with Crippen molar-refractivity contribution in [1.29, 1.82) is 0 Å². The molecule has 0 saturated carbocycles. The molecule has 80 valence electrons. The predicted octanol–water partition coefficient (Wildman–Crippen LogP) is 0.966. The van der Waals surface area contributed by atoms with Crippen molar-refractivity contribution in [3.8, 4) is 0 Å². The standard InChI is InChI=1S/C10H14N4O/c11-8-5-6-12-10(13-8)14-7-3-1-2-4-9(14)15/h5-6H,1-4,7H2,(H2,11,12,13). The lowest BCUT2D eigenvalue weighted by atomic mass is 10.2. The number of rotatable bonds is 1. The molecular formula is C10H14N4O. The normalized spacial score (nSPS) is 17.6. The van der Waals surface area contributed by atoms with Crippen molar-refractivity contribution in [2.24, 2.45) is 0 Å². The van der Waals surface area contributed by atoms with E-state index in [1.54, 1.807) is 17.2 Å². The molecule has 1 aromatic heterocycles. The van der Waals surface area contributed by atoms with Crippen LogP contribution in [0.25, 0.3) is 0 Å². The third-order valence-corrected chi connectivity index (χ3v) is 2.48. The number of carbonyl (C=O) groups excluding carboxylic acids is 1. The zero-order valence-corrected chi connectivity index (χ0v) is 8.52. The third-order valence-electron chi connectivity index (χ3n) is 2.48. The summed E-state index contributed by atoms with van der Waals surface area (Å²) in [5, 5.41) is 0. The van der Waals surface area contributed by atoms with Crippen LogP contribution in [0.4, 0.5) is 11.8 Å². The lowest BCUT2D eigenvalue weighted by Crippen LogP contribution is -2.31. The van der Waals surface area contributed by atoms with Crippen LogP contribution in [0.1, 0.15) is 25.7 Å². The molecule has 0 aromatic carbocycles. The molecule has 5 nitrogen and oxygen atoms in total. The number of anilines is 2. The maximum Gasteiger partial charge on any atom is 0.234 e. The maximum atomic E-state index is 11.7. The molecule has 1 aliphatic heterocycles. The van der Waals surface area contributed by atoms with Crippen molar-refractivity contribution in [3.05, 3.63) is 12.3 Å². The van der Waals surface area contributed by atoms with Crippen LogP contribution < -0.4 is 10.6 Å². The van der Waals surface area contributed by atoms with Gasteiger partial charge in [-0.15, -0.1) is 0 Å². The molecule has 0 spiro atoms. The van der Waals surface area contributed by atoms with Gasteiger partial charge in [0.1, 0.15) is 5.82 Å². The zero-order chi connectivity index (χ0) is 10.7. The largest absolute Gasteiger partial charge is 0.384 e. The quantitative estimate of drug-likeness (QED) is 0.743. The highest BCUT2D eigenvalue weighted by atomic mass is 16.2. The first kappa shape index (κ1) is 9.89. The highest BCUT2D eigenvalue weighted by molar-refractivity contribution is 5.91. The number of hydrogen-bond acceptors (Lipinski definition) is 4. The highest BCUT2D eigenvalue weighted by Crippen LogP contribution is 2.16. The Balaban J connectivity index is 2.24. The van der Waals surface area contributed by atoms with Crippen LogP contribution in [0.3, 0.4) is 0 Å². The molecule has 0 aliphatic carbocycles. The van der Waals surface area contributed by atoms with E-state index in [4.69, 9.17) is 5.73 Å². The number of hydrogen-bond donors (Lipinski definition) is 1. The van der Waals surface area contributed by atoms with Crippen LogP contribution in [0.5, 0.6) is 0 Å². The van der Waals surface area contributed by atoms with Crippen LogP contribution in [-0.4, -0.2) is 22.4 Å². The van der Waals surface area contributed by atoms with E-state index in [0.29, 0.717) is 24.7 Å². The molecule has 1 amide bonds. The summed E-state index contributed by atoms with van der Waals surface area (Å²) in [5.74, 6) is 0.928. The minimum Gasteiger partial charge on any atom is -0.384 e. The molecule has 0 bridgehead atoms. The van der Waals surface area contributed by atoms with Crippen molar-refractivity contribution in [1.82, 2.24) is 9.97 Å². The highest BCUT2D eigenvalue weighted by Gasteiger charge is 2.20. The van der Waals surface area contributed by atoms with Gasteiger partial charge in [-0.05, 0) is 18.9 Å². The Hall–Kier alpha value is -1.65. The molecule has 2 N–H and O–H groups in total. The Morgan fingerprint density at radius 3 is 3.00 bits per heavy atom. The fourth-order valence-electron chi connectivity index (χ4n) is 1.69. The Labute approximate surface area is 88.3 Å². The van der Waals surface area contributed by atoms with E-state index in [0.717, 1.165) is 19.3 Å². The minimum atomic E-state index is 0.0955. The maximum absolute atomic E-state index is 11.7. The zero-order valence-electron chi connectivity index (χ0n) is 8.52. The van der Waals surface area contributed by atoms with Crippen LogP contribution in [0.2, 0.25) is 0 Å². The molecule has 0 radical (unpaired) electrons. The molecule has 1 fully saturated rings. The number of carbonyl (C=O) groups is 1. The van der Waals surface area contributed by atoms with Crippen molar-refractivity contribution in [2.75, 3.05) is 17.2 Å². The smallest absolute Gasteiger partial charge is 0.234 e. The second-order valence-electron chi connectivity index (χ2n) is 3.64. The number of aromatic nitrogens is 2. The average Bonchev–Trinajstić information content (AvgIpc) is 2.43. The van der Waals surface area contributed by atoms with E-state index in [1.807, 2.05) is 0 Å². The Morgan fingerprint density at radius 2 is 2.20 bits per heavy atom. The lowest BCUT2D eigenvalue weighted by molar-refractivity contribution is -0.118. The Kier molecular flexibility index (Phi) is 2.80. The van der Waals surface area contributed by atoms with Gasteiger partial charge in [-0.1, -0.05) is 6.42 Å². The van der Waals surface area contributed by atoms with E-state index >= 15 is 0 Å². The fraction of sp³-hybridized carbons (Fsp3) is 0.500. The molecule has 2 rings (SSSR count). The summed E-state index contributed by atoms with van der Waals surface area (Å²) in [6.07, 6.45) is 5.21. The summed E-state index contributed by atoms with van der Waals surface area (Å²) >= 11 is 0. The Morgan fingerprint density at radius 1 is 1.33 bits per heavy atom. The molecule has 2 heterocycles. The van der Waals surface area contributed by atoms with Crippen LogP contribution in [0, 0.1) is 0 Å². The second kappa shape index (κ2) is 4.25. The number of amides is 1. The van der Waals surface area contributed by atoms with Crippen molar-refractivity contribution in [2.45, 2.75) is 25.7 Å². The molecule has 0 atom stereocenters.